The highest BCUT2D eigenvalue weighted by Gasteiger charge is 2.19. The summed E-state index contributed by atoms with van der Waals surface area (Å²) in [7, 11) is 1.48. The maximum atomic E-state index is 13.0. The smallest absolute Gasteiger partial charge is 0.260 e. The van der Waals surface area contributed by atoms with Crippen molar-refractivity contribution < 1.29 is 9.53 Å². The summed E-state index contributed by atoms with van der Waals surface area (Å²) in [6, 6.07) is 10.3. The number of carbonyl (C=O) groups excluding carboxylic acids is 1. The number of rotatable bonds is 5. The fourth-order valence-electron chi connectivity index (χ4n) is 2.95. The molecular formula is C21H18ClN5O3S. The number of halogens is 1. The fraction of sp³-hybridized carbons (Fsp3) is 0.143. The van der Waals surface area contributed by atoms with E-state index in [2.05, 4.69) is 20.4 Å². The summed E-state index contributed by atoms with van der Waals surface area (Å²) in [6.45, 7) is 3.44. The first-order valence-electron chi connectivity index (χ1n) is 9.24. The Morgan fingerprint density at radius 2 is 2.06 bits per heavy atom. The summed E-state index contributed by atoms with van der Waals surface area (Å²) in [5.74, 6) is 0.472. The molecule has 10 heteroatoms. The minimum absolute atomic E-state index is 0.198. The van der Waals surface area contributed by atoms with Gasteiger partial charge in [0.25, 0.3) is 11.5 Å². The molecule has 0 aliphatic carbocycles. The van der Waals surface area contributed by atoms with Crippen LogP contribution in [0.4, 0.5) is 5.82 Å². The van der Waals surface area contributed by atoms with Crippen LogP contribution >= 0.6 is 22.9 Å². The number of hydrogen-bond acceptors (Lipinski definition) is 6. The Hall–Kier alpha value is -3.43. The molecule has 0 saturated heterocycles. The van der Waals surface area contributed by atoms with Crippen molar-refractivity contribution in [3.05, 3.63) is 74.0 Å². The van der Waals surface area contributed by atoms with E-state index in [1.807, 2.05) is 17.5 Å². The van der Waals surface area contributed by atoms with Gasteiger partial charge < -0.3 is 10.1 Å². The SMILES string of the molecule is COc1ccc(Cl)cc1C(=O)Nc1cc(-c2cccs2)nn1-c1nc(C)c(C)c(=O)[nH]1. The summed E-state index contributed by atoms with van der Waals surface area (Å²) >= 11 is 7.57. The second-order valence-electron chi connectivity index (χ2n) is 6.70. The van der Waals surface area contributed by atoms with Gasteiger partial charge in [-0.15, -0.1) is 11.3 Å². The number of aromatic amines is 1. The molecule has 3 heterocycles. The van der Waals surface area contributed by atoms with Crippen molar-refractivity contribution >= 4 is 34.7 Å². The number of aromatic nitrogens is 4. The molecule has 0 aliphatic rings. The molecule has 1 aromatic carbocycles. The van der Waals surface area contributed by atoms with Gasteiger partial charge in [0, 0.05) is 22.3 Å². The molecule has 0 unspecified atom stereocenters. The van der Waals surface area contributed by atoms with Gasteiger partial charge in [-0.1, -0.05) is 17.7 Å². The van der Waals surface area contributed by atoms with Gasteiger partial charge >= 0.3 is 0 Å². The predicted octanol–water partition coefficient (Wildman–Crippen LogP) is 4.22. The van der Waals surface area contributed by atoms with E-state index in [0.717, 1.165) is 4.88 Å². The number of ether oxygens (including phenoxy) is 1. The fourth-order valence-corrected chi connectivity index (χ4v) is 3.80. The van der Waals surface area contributed by atoms with Crippen LogP contribution in [-0.4, -0.2) is 32.8 Å². The van der Waals surface area contributed by atoms with Crippen LogP contribution in [0, 0.1) is 13.8 Å². The van der Waals surface area contributed by atoms with E-state index in [4.69, 9.17) is 16.3 Å². The van der Waals surface area contributed by atoms with E-state index in [9.17, 15) is 9.59 Å². The predicted molar refractivity (Wildman–Crippen MR) is 121 cm³/mol. The number of nitrogens with zero attached hydrogens (tertiary/aromatic N) is 3. The second-order valence-corrected chi connectivity index (χ2v) is 8.09. The normalized spacial score (nSPS) is 10.8. The minimum Gasteiger partial charge on any atom is -0.496 e. The average molecular weight is 456 g/mol. The lowest BCUT2D eigenvalue weighted by Crippen LogP contribution is -2.21. The van der Waals surface area contributed by atoms with Crippen molar-refractivity contribution in [1.82, 2.24) is 19.7 Å². The summed E-state index contributed by atoms with van der Waals surface area (Å²) in [4.78, 5) is 33.4. The number of thiophene rings is 1. The van der Waals surface area contributed by atoms with Crippen LogP contribution in [0.1, 0.15) is 21.6 Å². The Balaban J connectivity index is 1.81. The lowest BCUT2D eigenvalue weighted by Gasteiger charge is -2.11. The van der Waals surface area contributed by atoms with Crippen LogP contribution in [0.2, 0.25) is 5.02 Å². The first kappa shape index (κ1) is 20.8. The highest BCUT2D eigenvalue weighted by Crippen LogP contribution is 2.29. The molecule has 0 spiro atoms. The van der Waals surface area contributed by atoms with Gasteiger partial charge in [0.1, 0.15) is 17.3 Å². The maximum absolute atomic E-state index is 13.0. The van der Waals surface area contributed by atoms with Gasteiger partial charge in [-0.25, -0.2) is 4.98 Å². The summed E-state index contributed by atoms with van der Waals surface area (Å²) in [5, 5.41) is 9.72. The quantitative estimate of drug-likeness (QED) is 0.469. The number of H-pyrrole nitrogens is 1. The molecule has 4 rings (SSSR count). The summed E-state index contributed by atoms with van der Waals surface area (Å²) in [6.07, 6.45) is 0. The van der Waals surface area contributed by atoms with Crippen LogP contribution < -0.4 is 15.6 Å². The van der Waals surface area contributed by atoms with Gasteiger partial charge in [0.2, 0.25) is 5.95 Å². The molecule has 0 radical (unpaired) electrons. The Kier molecular flexibility index (Phi) is 5.62. The topological polar surface area (TPSA) is 102 Å². The molecule has 1 amide bonds. The maximum Gasteiger partial charge on any atom is 0.260 e. The summed E-state index contributed by atoms with van der Waals surface area (Å²) in [5.41, 5.74) is 1.71. The lowest BCUT2D eigenvalue weighted by atomic mass is 10.2. The van der Waals surface area contributed by atoms with Crippen molar-refractivity contribution in [2.45, 2.75) is 13.8 Å². The van der Waals surface area contributed by atoms with Crippen molar-refractivity contribution in [3.8, 4) is 22.3 Å². The zero-order chi connectivity index (χ0) is 22.1. The standard InChI is InChI=1S/C21H18ClN5O3S/c1-11-12(2)23-21(25-19(11)28)27-18(10-15(26-27)17-5-4-8-31-17)24-20(29)14-9-13(22)6-7-16(14)30-3/h4-10H,1-3H3,(H,24,29)(H,23,25,28). The Bertz CT molecular complexity index is 1330. The first-order chi connectivity index (χ1) is 14.9. The molecule has 0 aliphatic heterocycles. The van der Waals surface area contributed by atoms with Crippen LogP contribution in [-0.2, 0) is 0 Å². The zero-order valence-electron chi connectivity index (χ0n) is 16.9. The largest absolute Gasteiger partial charge is 0.496 e. The Morgan fingerprint density at radius 3 is 2.74 bits per heavy atom. The highest BCUT2D eigenvalue weighted by molar-refractivity contribution is 7.13. The molecule has 0 saturated carbocycles. The monoisotopic (exact) mass is 455 g/mol. The number of benzene rings is 1. The van der Waals surface area contributed by atoms with Crippen LogP contribution in [0.5, 0.6) is 5.75 Å². The van der Waals surface area contributed by atoms with E-state index in [1.54, 1.807) is 32.0 Å². The number of amides is 1. The Morgan fingerprint density at radius 1 is 1.26 bits per heavy atom. The van der Waals surface area contributed by atoms with E-state index >= 15 is 0 Å². The molecule has 158 valence electrons. The number of aryl methyl sites for hydroxylation is 1. The highest BCUT2D eigenvalue weighted by atomic mass is 35.5. The molecule has 4 aromatic rings. The number of methoxy groups -OCH3 is 1. The van der Waals surface area contributed by atoms with Crippen molar-refractivity contribution in [2.75, 3.05) is 12.4 Å². The third-order valence-corrected chi connectivity index (χ3v) is 5.84. The number of anilines is 1. The van der Waals surface area contributed by atoms with Crippen LogP contribution in [0.3, 0.4) is 0 Å². The molecule has 31 heavy (non-hydrogen) atoms. The molecule has 0 bridgehead atoms. The molecule has 2 N–H and O–H groups in total. The summed E-state index contributed by atoms with van der Waals surface area (Å²) < 4.78 is 6.68. The number of nitrogens with one attached hydrogen (secondary N) is 2. The van der Waals surface area contributed by atoms with Gasteiger partial charge in [0.15, 0.2) is 0 Å². The van der Waals surface area contributed by atoms with Gasteiger partial charge in [0.05, 0.1) is 17.6 Å². The Labute approximate surface area is 186 Å². The molecule has 3 aromatic heterocycles. The van der Waals surface area contributed by atoms with Crippen molar-refractivity contribution in [2.24, 2.45) is 0 Å². The minimum atomic E-state index is -0.440. The second kappa shape index (κ2) is 8.37. The van der Waals surface area contributed by atoms with Gasteiger partial charge in [-0.3, -0.25) is 14.6 Å². The molecule has 8 nitrogen and oxygen atoms in total. The lowest BCUT2D eigenvalue weighted by molar-refractivity contribution is 0.102. The van der Waals surface area contributed by atoms with E-state index < -0.39 is 5.91 Å². The first-order valence-corrected chi connectivity index (χ1v) is 10.5. The number of carbonyl (C=O) groups is 1. The zero-order valence-corrected chi connectivity index (χ0v) is 18.5. The molecule has 0 fully saturated rings. The van der Waals surface area contributed by atoms with Gasteiger partial charge in [-0.05, 0) is 43.5 Å². The van der Waals surface area contributed by atoms with Crippen molar-refractivity contribution in [1.29, 1.82) is 0 Å². The number of hydrogen-bond donors (Lipinski definition) is 2. The van der Waals surface area contributed by atoms with Gasteiger partial charge in [-0.2, -0.15) is 9.78 Å². The average Bonchev–Trinajstić information content (AvgIpc) is 3.41. The van der Waals surface area contributed by atoms with Crippen molar-refractivity contribution in [3.63, 3.8) is 0 Å². The van der Waals surface area contributed by atoms with E-state index in [-0.39, 0.29) is 17.1 Å². The van der Waals surface area contributed by atoms with Crippen LogP contribution in [0.15, 0.2) is 46.6 Å². The van der Waals surface area contributed by atoms with E-state index in [0.29, 0.717) is 33.5 Å². The van der Waals surface area contributed by atoms with Crippen LogP contribution in [0.25, 0.3) is 16.5 Å². The molecule has 0 atom stereocenters. The molecular weight excluding hydrogens is 438 g/mol. The third kappa shape index (κ3) is 4.10. The third-order valence-electron chi connectivity index (χ3n) is 4.71. The van der Waals surface area contributed by atoms with E-state index in [1.165, 1.54) is 29.2 Å².